The first kappa shape index (κ1) is 10.7. The highest BCUT2D eigenvalue weighted by atomic mass is 16.3. The van der Waals surface area contributed by atoms with Crippen LogP contribution in [0.5, 0.6) is 0 Å². The molecule has 0 aliphatic carbocycles. The van der Waals surface area contributed by atoms with Gasteiger partial charge in [-0.2, -0.15) is 0 Å². The summed E-state index contributed by atoms with van der Waals surface area (Å²) in [7, 11) is 0. The van der Waals surface area contributed by atoms with Gasteiger partial charge in [0, 0.05) is 0 Å². The first-order chi connectivity index (χ1) is 7.88. The molecule has 0 aromatic heterocycles. The normalized spacial score (nSPS) is 10.8. The van der Waals surface area contributed by atoms with Gasteiger partial charge in [-0.05, 0) is 22.8 Å². The van der Waals surface area contributed by atoms with E-state index in [9.17, 15) is 0 Å². The maximum Gasteiger partial charge on any atom is 0.0682 e. The van der Waals surface area contributed by atoms with Gasteiger partial charge in [-0.15, -0.1) is 0 Å². The molecule has 2 aromatic carbocycles. The van der Waals surface area contributed by atoms with Crippen molar-refractivity contribution in [2.75, 3.05) is 0 Å². The SMILES string of the molecule is OCc1cccc(/C=C/c2ccccc2)c1. The van der Waals surface area contributed by atoms with Gasteiger partial charge >= 0.3 is 0 Å². The zero-order valence-electron chi connectivity index (χ0n) is 9.01. The third-order valence-electron chi connectivity index (χ3n) is 2.40. The highest BCUT2D eigenvalue weighted by Gasteiger charge is 1.91. The molecule has 0 bridgehead atoms. The predicted molar refractivity (Wildman–Crippen MR) is 67.7 cm³/mol. The van der Waals surface area contributed by atoms with Crippen LogP contribution in [0.2, 0.25) is 0 Å². The summed E-state index contributed by atoms with van der Waals surface area (Å²) in [5.41, 5.74) is 3.22. The molecule has 0 radical (unpaired) electrons. The van der Waals surface area contributed by atoms with E-state index in [0.29, 0.717) is 0 Å². The summed E-state index contributed by atoms with van der Waals surface area (Å²) in [5.74, 6) is 0. The van der Waals surface area contributed by atoms with Crippen LogP contribution in [0.15, 0.2) is 54.6 Å². The molecule has 0 atom stereocenters. The molecule has 2 rings (SSSR count). The molecule has 1 heteroatoms. The standard InChI is InChI=1S/C15H14O/c16-12-15-8-4-7-14(11-15)10-9-13-5-2-1-3-6-13/h1-11,16H,12H2/b10-9+. The molecule has 80 valence electrons. The zero-order chi connectivity index (χ0) is 11.2. The monoisotopic (exact) mass is 210 g/mol. The van der Waals surface area contributed by atoms with Gasteiger partial charge in [0.15, 0.2) is 0 Å². The van der Waals surface area contributed by atoms with Gasteiger partial charge < -0.3 is 5.11 Å². The summed E-state index contributed by atoms with van der Waals surface area (Å²) in [6, 6.07) is 18.0. The van der Waals surface area contributed by atoms with Crippen LogP contribution in [-0.2, 0) is 6.61 Å². The maximum atomic E-state index is 9.02. The second-order valence-corrected chi connectivity index (χ2v) is 3.65. The third kappa shape index (κ3) is 2.81. The highest BCUT2D eigenvalue weighted by Crippen LogP contribution is 2.10. The molecule has 1 nitrogen and oxygen atoms in total. The molecular weight excluding hydrogens is 196 g/mol. The van der Waals surface area contributed by atoms with E-state index in [4.69, 9.17) is 5.11 Å². The van der Waals surface area contributed by atoms with Gasteiger partial charge in [0.2, 0.25) is 0 Å². The van der Waals surface area contributed by atoms with Crippen molar-refractivity contribution >= 4 is 12.2 Å². The van der Waals surface area contributed by atoms with Crippen LogP contribution in [0.25, 0.3) is 12.2 Å². The highest BCUT2D eigenvalue weighted by molar-refractivity contribution is 5.69. The van der Waals surface area contributed by atoms with Gasteiger partial charge in [-0.25, -0.2) is 0 Å². The summed E-state index contributed by atoms with van der Waals surface area (Å²) in [6.45, 7) is 0.0903. The van der Waals surface area contributed by atoms with Crippen LogP contribution in [-0.4, -0.2) is 5.11 Å². The van der Waals surface area contributed by atoms with E-state index in [2.05, 4.69) is 24.3 Å². The number of aliphatic hydroxyl groups excluding tert-OH is 1. The van der Waals surface area contributed by atoms with Crippen LogP contribution < -0.4 is 0 Å². The van der Waals surface area contributed by atoms with Crippen molar-refractivity contribution in [3.63, 3.8) is 0 Å². The molecule has 0 aliphatic heterocycles. The first-order valence-corrected chi connectivity index (χ1v) is 5.31. The molecule has 0 saturated heterocycles. The van der Waals surface area contributed by atoms with Gasteiger partial charge in [-0.1, -0.05) is 60.7 Å². The van der Waals surface area contributed by atoms with Crippen molar-refractivity contribution in [2.45, 2.75) is 6.61 Å². The van der Waals surface area contributed by atoms with Gasteiger partial charge in [-0.3, -0.25) is 0 Å². The topological polar surface area (TPSA) is 20.2 Å². The number of aliphatic hydroxyl groups is 1. The van der Waals surface area contributed by atoms with Crippen molar-refractivity contribution in [1.29, 1.82) is 0 Å². The van der Waals surface area contributed by atoms with Crippen LogP contribution in [0.4, 0.5) is 0 Å². The fourth-order valence-corrected chi connectivity index (χ4v) is 1.55. The Balaban J connectivity index is 2.17. The number of rotatable bonds is 3. The average Bonchev–Trinajstić information content (AvgIpc) is 2.38. The van der Waals surface area contributed by atoms with E-state index in [1.165, 1.54) is 5.56 Å². The molecular formula is C15H14O. The minimum atomic E-state index is 0.0903. The van der Waals surface area contributed by atoms with Crippen LogP contribution >= 0.6 is 0 Å². The second-order valence-electron chi connectivity index (χ2n) is 3.65. The molecule has 0 saturated carbocycles. The summed E-state index contributed by atoms with van der Waals surface area (Å²) in [6.07, 6.45) is 4.12. The lowest BCUT2D eigenvalue weighted by molar-refractivity contribution is 0.282. The Morgan fingerprint density at radius 2 is 1.50 bits per heavy atom. The van der Waals surface area contributed by atoms with Crippen molar-refractivity contribution in [1.82, 2.24) is 0 Å². The lowest BCUT2D eigenvalue weighted by atomic mass is 10.1. The number of benzene rings is 2. The van der Waals surface area contributed by atoms with E-state index in [1.54, 1.807) is 0 Å². The lowest BCUT2D eigenvalue weighted by Crippen LogP contribution is -1.82. The van der Waals surface area contributed by atoms with Crippen LogP contribution in [0.1, 0.15) is 16.7 Å². The quantitative estimate of drug-likeness (QED) is 0.770. The third-order valence-corrected chi connectivity index (χ3v) is 2.40. The van der Waals surface area contributed by atoms with Crippen molar-refractivity contribution in [3.8, 4) is 0 Å². The molecule has 0 heterocycles. The molecule has 0 amide bonds. The number of hydrogen-bond donors (Lipinski definition) is 1. The van der Waals surface area contributed by atoms with E-state index >= 15 is 0 Å². The fraction of sp³-hybridized carbons (Fsp3) is 0.0667. The zero-order valence-corrected chi connectivity index (χ0v) is 9.01. The maximum absolute atomic E-state index is 9.02. The van der Waals surface area contributed by atoms with E-state index in [0.717, 1.165) is 11.1 Å². The van der Waals surface area contributed by atoms with E-state index < -0.39 is 0 Å². The van der Waals surface area contributed by atoms with Crippen molar-refractivity contribution in [3.05, 3.63) is 71.3 Å². The molecule has 0 unspecified atom stereocenters. The second kappa shape index (κ2) is 5.29. The summed E-state index contributed by atoms with van der Waals surface area (Å²) >= 11 is 0. The summed E-state index contributed by atoms with van der Waals surface area (Å²) in [4.78, 5) is 0. The lowest BCUT2D eigenvalue weighted by Gasteiger charge is -1.98. The molecule has 0 spiro atoms. The largest absolute Gasteiger partial charge is 0.392 e. The fourth-order valence-electron chi connectivity index (χ4n) is 1.55. The minimum absolute atomic E-state index is 0.0903. The summed E-state index contributed by atoms with van der Waals surface area (Å²) in [5, 5.41) is 9.02. The molecule has 0 aliphatic rings. The Morgan fingerprint density at radius 1 is 0.812 bits per heavy atom. The Hall–Kier alpha value is -1.86. The Kier molecular flexibility index (Phi) is 3.52. The smallest absolute Gasteiger partial charge is 0.0682 e. The van der Waals surface area contributed by atoms with Crippen molar-refractivity contribution < 1.29 is 5.11 Å². The molecule has 1 N–H and O–H groups in total. The van der Waals surface area contributed by atoms with E-state index in [-0.39, 0.29) is 6.61 Å². The first-order valence-electron chi connectivity index (χ1n) is 5.31. The van der Waals surface area contributed by atoms with Gasteiger partial charge in [0.1, 0.15) is 0 Å². The Bertz CT molecular complexity index is 472. The molecule has 2 aromatic rings. The Morgan fingerprint density at radius 3 is 2.25 bits per heavy atom. The average molecular weight is 210 g/mol. The minimum Gasteiger partial charge on any atom is -0.392 e. The number of hydrogen-bond acceptors (Lipinski definition) is 1. The van der Waals surface area contributed by atoms with Crippen molar-refractivity contribution in [2.24, 2.45) is 0 Å². The van der Waals surface area contributed by atoms with Crippen LogP contribution in [0.3, 0.4) is 0 Å². The Labute approximate surface area is 95.7 Å². The van der Waals surface area contributed by atoms with Gasteiger partial charge in [0.05, 0.1) is 6.61 Å². The van der Waals surface area contributed by atoms with Gasteiger partial charge in [0.25, 0.3) is 0 Å². The van der Waals surface area contributed by atoms with Crippen LogP contribution in [0, 0.1) is 0 Å². The molecule has 16 heavy (non-hydrogen) atoms. The molecule has 0 fully saturated rings. The summed E-state index contributed by atoms with van der Waals surface area (Å²) < 4.78 is 0. The predicted octanol–water partition coefficient (Wildman–Crippen LogP) is 3.35. The van der Waals surface area contributed by atoms with E-state index in [1.807, 2.05) is 42.5 Å².